The van der Waals surface area contributed by atoms with E-state index in [-0.39, 0.29) is 5.49 Å². The van der Waals surface area contributed by atoms with Crippen molar-refractivity contribution in [3.8, 4) is 11.9 Å². The number of rotatable bonds is 1. The highest BCUT2D eigenvalue weighted by Crippen LogP contribution is 2.21. The minimum atomic E-state index is 0.115. The molecule has 0 saturated heterocycles. The average Bonchev–Trinajstić information content (AvgIpc) is 2.96. The van der Waals surface area contributed by atoms with Crippen molar-refractivity contribution in [3.05, 3.63) is 34.1 Å². The Hall–Kier alpha value is -2.42. The van der Waals surface area contributed by atoms with E-state index in [9.17, 15) is 5.26 Å². The van der Waals surface area contributed by atoms with Crippen LogP contribution in [0.1, 0.15) is 28.9 Å². The van der Waals surface area contributed by atoms with Gasteiger partial charge in [0.15, 0.2) is 11.3 Å². The van der Waals surface area contributed by atoms with E-state index >= 15 is 0 Å². The van der Waals surface area contributed by atoms with Crippen molar-refractivity contribution in [2.24, 2.45) is 0 Å². The topological polar surface area (TPSA) is 94.1 Å². The predicted octanol–water partition coefficient (Wildman–Crippen LogP) is 0.744. The Balaban J connectivity index is 2.29. The monoisotopic (exact) mass is 240 g/mol. The van der Waals surface area contributed by atoms with Crippen molar-refractivity contribution in [1.82, 2.24) is 20.0 Å². The minimum absolute atomic E-state index is 0.115. The third kappa shape index (κ3) is 1.44. The van der Waals surface area contributed by atoms with Crippen LogP contribution in [0.4, 0.5) is 0 Å². The van der Waals surface area contributed by atoms with Crippen LogP contribution in [0.2, 0.25) is 0 Å². The van der Waals surface area contributed by atoms with Gasteiger partial charge in [0, 0.05) is 11.8 Å². The first-order chi connectivity index (χ1) is 8.70. The van der Waals surface area contributed by atoms with E-state index in [2.05, 4.69) is 21.4 Å². The summed E-state index contributed by atoms with van der Waals surface area (Å²) < 4.78 is 1.44. The molecule has 18 heavy (non-hydrogen) atoms. The zero-order valence-electron chi connectivity index (χ0n) is 9.99. The lowest BCUT2D eigenvalue weighted by atomic mass is 10.1. The molecule has 0 atom stereocenters. The van der Waals surface area contributed by atoms with Gasteiger partial charge in [0.05, 0.1) is 5.69 Å². The fraction of sp³-hybridized carbons (Fsp3) is 0.333. The van der Waals surface area contributed by atoms with Crippen LogP contribution in [0.15, 0.2) is 6.07 Å². The van der Waals surface area contributed by atoms with Crippen LogP contribution in [0.5, 0.6) is 0 Å². The van der Waals surface area contributed by atoms with E-state index in [4.69, 9.17) is 5.41 Å². The molecule has 0 saturated carbocycles. The summed E-state index contributed by atoms with van der Waals surface area (Å²) in [6, 6.07) is 3.94. The molecule has 2 aromatic rings. The van der Waals surface area contributed by atoms with Gasteiger partial charge in [-0.2, -0.15) is 20.1 Å². The predicted molar refractivity (Wildman–Crippen MR) is 63.0 cm³/mol. The van der Waals surface area contributed by atoms with Crippen molar-refractivity contribution in [2.45, 2.75) is 26.2 Å². The number of hydrogen-bond donors (Lipinski definition) is 2. The molecule has 0 amide bonds. The van der Waals surface area contributed by atoms with Crippen LogP contribution in [0, 0.1) is 23.7 Å². The number of hydrogen-bond acceptors (Lipinski definition) is 4. The van der Waals surface area contributed by atoms with Crippen molar-refractivity contribution >= 4 is 0 Å². The summed E-state index contributed by atoms with van der Waals surface area (Å²) in [7, 11) is 0. The van der Waals surface area contributed by atoms with E-state index in [1.165, 1.54) is 4.68 Å². The third-order valence-corrected chi connectivity index (χ3v) is 3.18. The maximum atomic E-state index is 9.22. The van der Waals surface area contributed by atoms with Gasteiger partial charge in [0.25, 0.3) is 0 Å². The standard InChI is InChI=1S/C12H12N6/c1-7-5-11(16-15-7)18-12(14)9(6-13)8-3-2-4-10(8)17-18/h5,14H,2-4H2,1H3,(H,15,16). The van der Waals surface area contributed by atoms with E-state index in [1.54, 1.807) is 0 Å². The maximum Gasteiger partial charge on any atom is 0.177 e. The van der Waals surface area contributed by atoms with Gasteiger partial charge < -0.3 is 0 Å². The Bertz CT molecular complexity index is 715. The number of nitriles is 1. The summed E-state index contributed by atoms with van der Waals surface area (Å²) in [5.74, 6) is 0.559. The molecule has 0 bridgehead atoms. The maximum absolute atomic E-state index is 9.22. The Morgan fingerprint density at radius 1 is 1.50 bits per heavy atom. The lowest BCUT2D eigenvalue weighted by Gasteiger charge is -2.07. The summed E-state index contributed by atoms with van der Waals surface area (Å²) in [4.78, 5) is 0. The second-order valence-corrected chi connectivity index (χ2v) is 4.44. The SMILES string of the molecule is Cc1cc(-n2nc3c(c(C#N)c2=N)CCC3)n[nH]1. The Morgan fingerprint density at radius 3 is 3.00 bits per heavy atom. The normalized spacial score (nSPS) is 13.3. The summed E-state index contributed by atoms with van der Waals surface area (Å²) in [6.07, 6.45) is 2.71. The number of aromatic nitrogens is 4. The summed E-state index contributed by atoms with van der Waals surface area (Å²) in [5.41, 5.74) is 3.30. The molecule has 1 aliphatic rings. The first kappa shape index (κ1) is 10.7. The smallest absolute Gasteiger partial charge is 0.177 e. The summed E-state index contributed by atoms with van der Waals surface area (Å²) >= 11 is 0. The van der Waals surface area contributed by atoms with E-state index in [0.29, 0.717) is 11.4 Å². The summed E-state index contributed by atoms with van der Waals surface area (Å²) in [5, 5.41) is 28.7. The number of aryl methyl sites for hydroxylation is 2. The van der Waals surface area contributed by atoms with Gasteiger partial charge in [-0.1, -0.05) is 0 Å². The van der Waals surface area contributed by atoms with Crippen molar-refractivity contribution < 1.29 is 0 Å². The molecule has 0 radical (unpaired) electrons. The molecule has 2 heterocycles. The zero-order chi connectivity index (χ0) is 12.7. The fourth-order valence-electron chi connectivity index (χ4n) is 2.33. The van der Waals surface area contributed by atoms with E-state index < -0.39 is 0 Å². The number of aromatic amines is 1. The van der Waals surface area contributed by atoms with Crippen LogP contribution in [-0.2, 0) is 12.8 Å². The van der Waals surface area contributed by atoms with Crippen molar-refractivity contribution in [3.63, 3.8) is 0 Å². The fourth-order valence-corrected chi connectivity index (χ4v) is 2.33. The molecule has 1 aliphatic carbocycles. The Kier molecular flexibility index (Phi) is 2.27. The van der Waals surface area contributed by atoms with Crippen molar-refractivity contribution in [1.29, 1.82) is 10.7 Å². The second-order valence-electron chi connectivity index (χ2n) is 4.44. The van der Waals surface area contributed by atoms with Gasteiger partial charge in [-0.25, -0.2) is 0 Å². The molecule has 2 aromatic heterocycles. The quantitative estimate of drug-likeness (QED) is 0.769. The molecular formula is C12H12N6. The van der Waals surface area contributed by atoms with E-state index in [0.717, 1.165) is 36.2 Å². The van der Waals surface area contributed by atoms with Gasteiger partial charge in [0.1, 0.15) is 11.6 Å². The second kappa shape index (κ2) is 3.81. The van der Waals surface area contributed by atoms with Crippen LogP contribution in [0.25, 0.3) is 5.82 Å². The number of H-pyrrole nitrogens is 1. The van der Waals surface area contributed by atoms with Crippen LogP contribution in [-0.4, -0.2) is 20.0 Å². The van der Waals surface area contributed by atoms with Gasteiger partial charge in [-0.3, -0.25) is 10.5 Å². The van der Waals surface area contributed by atoms with Crippen LogP contribution in [0.3, 0.4) is 0 Å². The van der Waals surface area contributed by atoms with Crippen LogP contribution < -0.4 is 5.49 Å². The Labute approximate surface area is 103 Å². The number of fused-ring (bicyclic) bond motifs is 1. The zero-order valence-corrected chi connectivity index (χ0v) is 9.99. The molecule has 0 aliphatic heterocycles. The van der Waals surface area contributed by atoms with Gasteiger partial charge in [-0.15, -0.1) is 0 Å². The largest absolute Gasteiger partial charge is 0.282 e. The molecule has 90 valence electrons. The first-order valence-electron chi connectivity index (χ1n) is 5.83. The molecule has 0 aromatic carbocycles. The molecule has 3 rings (SSSR count). The molecule has 0 unspecified atom stereocenters. The molecule has 0 fully saturated rings. The highest BCUT2D eigenvalue weighted by Gasteiger charge is 2.20. The molecule has 6 nitrogen and oxygen atoms in total. The van der Waals surface area contributed by atoms with Gasteiger partial charge in [-0.05, 0) is 31.7 Å². The molecular weight excluding hydrogens is 228 g/mol. The molecule has 6 heteroatoms. The van der Waals surface area contributed by atoms with Crippen molar-refractivity contribution in [2.75, 3.05) is 0 Å². The van der Waals surface area contributed by atoms with Gasteiger partial charge in [0.2, 0.25) is 0 Å². The lowest BCUT2D eigenvalue weighted by Crippen LogP contribution is -2.26. The summed E-state index contributed by atoms with van der Waals surface area (Å²) in [6.45, 7) is 1.89. The number of nitrogens with zero attached hydrogens (tertiary/aromatic N) is 4. The minimum Gasteiger partial charge on any atom is -0.282 e. The van der Waals surface area contributed by atoms with Crippen LogP contribution >= 0.6 is 0 Å². The van der Waals surface area contributed by atoms with Gasteiger partial charge >= 0.3 is 0 Å². The third-order valence-electron chi connectivity index (χ3n) is 3.18. The molecule has 0 spiro atoms. The Morgan fingerprint density at radius 2 is 2.33 bits per heavy atom. The first-order valence-corrected chi connectivity index (χ1v) is 5.83. The average molecular weight is 240 g/mol. The lowest BCUT2D eigenvalue weighted by molar-refractivity contribution is 0.716. The van der Waals surface area contributed by atoms with E-state index in [1.807, 2.05) is 13.0 Å². The number of nitrogens with one attached hydrogen (secondary N) is 2. The highest BCUT2D eigenvalue weighted by atomic mass is 15.4. The highest BCUT2D eigenvalue weighted by molar-refractivity contribution is 5.41. The molecule has 2 N–H and O–H groups in total.